The molecule has 0 aromatic carbocycles. The standard InChI is InChI=1S/C12H18N2O/c1-5-6-15-11(9(2)3)12-13-7-10(4)8-14-12/h5,7-9,11H,1,6H2,2-4H3/t11-/m1/s1. The Morgan fingerprint density at radius 2 is 2.00 bits per heavy atom. The van der Waals surface area contributed by atoms with Crippen LogP contribution in [0.2, 0.25) is 0 Å². The molecule has 0 saturated heterocycles. The third-order valence-electron chi connectivity index (χ3n) is 2.05. The molecule has 1 atom stereocenters. The first kappa shape index (κ1) is 11.9. The van der Waals surface area contributed by atoms with E-state index < -0.39 is 0 Å². The quantitative estimate of drug-likeness (QED) is 0.695. The maximum atomic E-state index is 5.64. The first-order valence-corrected chi connectivity index (χ1v) is 5.16. The Morgan fingerprint density at radius 3 is 2.47 bits per heavy atom. The zero-order valence-electron chi connectivity index (χ0n) is 9.60. The maximum Gasteiger partial charge on any atom is 0.157 e. The molecule has 82 valence electrons. The molecular formula is C12H18N2O. The van der Waals surface area contributed by atoms with Crippen LogP contribution in [-0.2, 0) is 4.74 Å². The van der Waals surface area contributed by atoms with Crippen LogP contribution in [0, 0.1) is 12.8 Å². The number of hydrogen-bond acceptors (Lipinski definition) is 3. The van der Waals surface area contributed by atoms with Gasteiger partial charge in [0, 0.05) is 12.4 Å². The molecule has 3 nitrogen and oxygen atoms in total. The lowest BCUT2D eigenvalue weighted by molar-refractivity contribution is 0.0330. The molecule has 0 aliphatic carbocycles. The minimum Gasteiger partial charge on any atom is -0.366 e. The fourth-order valence-electron chi connectivity index (χ4n) is 1.29. The van der Waals surface area contributed by atoms with Gasteiger partial charge in [0.05, 0.1) is 6.61 Å². The van der Waals surface area contributed by atoms with Gasteiger partial charge in [0.1, 0.15) is 6.10 Å². The van der Waals surface area contributed by atoms with Crippen LogP contribution in [0.5, 0.6) is 0 Å². The molecule has 1 aromatic rings. The summed E-state index contributed by atoms with van der Waals surface area (Å²) in [4.78, 5) is 8.56. The molecule has 0 N–H and O–H groups in total. The van der Waals surface area contributed by atoms with Gasteiger partial charge < -0.3 is 4.74 Å². The largest absolute Gasteiger partial charge is 0.366 e. The second-order valence-electron chi connectivity index (χ2n) is 3.91. The van der Waals surface area contributed by atoms with Gasteiger partial charge in [-0.25, -0.2) is 9.97 Å². The molecule has 0 fully saturated rings. The van der Waals surface area contributed by atoms with E-state index in [0.717, 1.165) is 11.4 Å². The third-order valence-corrected chi connectivity index (χ3v) is 2.05. The van der Waals surface area contributed by atoms with Crippen molar-refractivity contribution in [2.45, 2.75) is 26.9 Å². The summed E-state index contributed by atoms with van der Waals surface area (Å²) in [6.45, 7) is 10.3. The molecule has 15 heavy (non-hydrogen) atoms. The first-order chi connectivity index (χ1) is 7.15. The normalized spacial score (nSPS) is 12.8. The molecule has 0 saturated carbocycles. The topological polar surface area (TPSA) is 35.0 Å². The van der Waals surface area contributed by atoms with Crippen molar-refractivity contribution < 1.29 is 4.74 Å². The molecule has 1 aromatic heterocycles. The van der Waals surface area contributed by atoms with Crippen LogP contribution in [0.25, 0.3) is 0 Å². The second-order valence-corrected chi connectivity index (χ2v) is 3.91. The summed E-state index contributed by atoms with van der Waals surface area (Å²) in [5.41, 5.74) is 1.06. The van der Waals surface area contributed by atoms with Gasteiger partial charge in [-0.2, -0.15) is 0 Å². The van der Waals surface area contributed by atoms with Gasteiger partial charge >= 0.3 is 0 Å². The number of rotatable bonds is 5. The van der Waals surface area contributed by atoms with Crippen molar-refractivity contribution in [3.63, 3.8) is 0 Å². The van der Waals surface area contributed by atoms with E-state index in [9.17, 15) is 0 Å². The van der Waals surface area contributed by atoms with Crippen LogP contribution in [0.3, 0.4) is 0 Å². The Labute approximate surface area is 91.2 Å². The number of ether oxygens (including phenoxy) is 1. The summed E-state index contributed by atoms with van der Waals surface area (Å²) in [6.07, 6.45) is 5.32. The summed E-state index contributed by atoms with van der Waals surface area (Å²) in [6, 6.07) is 0. The summed E-state index contributed by atoms with van der Waals surface area (Å²) in [5.74, 6) is 1.10. The molecular weight excluding hydrogens is 188 g/mol. The molecule has 0 radical (unpaired) electrons. The summed E-state index contributed by atoms with van der Waals surface area (Å²) < 4.78 is 5.64. The third kappa shape index (κ3) is 3.44. The number of aromatic nitrogens is 2. The van der Waals surface area contributed by atoms with Crippen molar-refractivity contribution in [2.24, 2.45) is 5.92 Å². The van der Waals surface area contributed by atoms with Gasteiger partial charge in [0.15, 0.2) is 5.82 Å². The predicted octanol–water partition coefficient (Wildman–Crippen LogP) is 2.68. The zero-order chi connectivity index (χ0) is 11.3. The van der Waals surface area contributed by atoms with Crippen LogP contribution in [-0.4, -0.2) is 16.6 Å². The zero-order valence-corrected chi connectivity index (χ0v) is 9.60. The predicted molar refractivity (Wildman–Crippen MR) is 60.5 cm³/mol. The molecule has 0 bridgehead atoms. The smallest absolute Gasteiger partial charge is 0.157 e. The number of aryl methyl sites for hydroxylation is 1. The molecule has 0 aliphatic heterocycles. The number of nitrogens with zero attached hydrogens (tertiary/aromatic N) is 2. The van der Waals surface area contributed by atoms with E-state index in [1.807, 2.05) is 19.3 Å². The van der Waals surface area contributed by atoms with Gasteiger partial charge in [-0.15, -0.1) is 6.58 Å². The fraction of sp³-hybridized carbons (Fsp3) is 0.500. The highest BCUT2D eigenvalue weighted by Gasteiger charge is 2.18. The monoisotopic (exact) mass is 206 g/mol. The SMILES string of the molecule is C=CCO[C@@H](c1ncc(C)cn1)C(C)C. The van der Waals surface area contributed by atoms with E-state index >= 15 is 0 Å². The van der Waals surface area contributed by atoms with Gasteiger partial charge in [-0.1, -0.05) is 19.9 Å². The van der Waals surface area contributed by atoms with E-state index in [0.29, 0.717) is 12.5 Å². The van der Waals surface area contributed by atoms with Gasteiger partial charge in [0.25, 0.3) is 0 Å². The molecule has 1 rings (SSSR count). The Hall–Kier alpha value is -1.22. The van der Waals surface area contributed by atoms with Gasteiger partial charge in [-0.05, 0) is 18.4 Å². The molecule has 3 heteroatoms. The summed E-state index contributed by atoms with van der Waals surface area (Å²) in [5, 5.41) is 0. The van der Waals surface area contributed by atoms with E-state index in [2.05, 4.69) is 30.4 Å². The second kappa shape index (κ2) is 5.61. The minimum atomic E-state index is -0.0522. The highest BCUT2D eigenvalue weighted by Crippen LogP contribution is 2.22. The Morgan fingerprint density at radius 1 is 1.40 bits per heavy atom. The Bertz CT molecular complexity index is 306. The van der Waals surface area contributed by atoms with Gasteiger partial charge in [0.2, 0.25) is 0 Å². The summed E-state index contributed by atoms with van der Waals surface area (Å²) in [7, 11) is 0. The maximum absolute atomic E-state index is 5.64. The fourth-order valence-corrected chi connectivity index (χ4v) is 1.29. The van der Waals surface area contributed by atoms with Crippen molar-refractivity contribution in [3.8, 4) is 0 Å². The Balaban J connectivity index is 2.79. The van der Waals surface area contributed by atoms with Gasteiger partial charge in [-0.3, -0.25) is 0 Å². The summed E-state index contributed by atoms with van der Waals surface area (Å²) >= 11 is 0. The van der Waals surface area contributed by atoms with Crippen LogP contribution in [0.4, 0.5) is 0 Å². The average molecular weight is 206 g/mol. The van der Waals surface area contributed by atoms with E-state index in [1.165, 1.54) is 0 Å². The van der Waals surface area contributed by atoms with Crippen LogP contribution >= 0.6 is 0 Å². The molecule has 1 heterocycles. The lowest BCUT2D eigenvalue weighted by Gasteiger charge is -2.19. The lowest BCUT2D eigenvalue weighted by Crippen LogP contribution is -2.14. The Kier molecular flexibility index (Phi) is 4.43. The molecule has 0 amide bonds. The highest BCUT2D eigenvalue weighted by molar-refractivity contribution is 5.04. The highest BCUT2D eigenvalue weighted by atomic mass is 16.5. The average Bonchev–Trinajstić information content (AvgIpc) is 2.21. The van der Waals surface area contributed by atoms with E-state index in [-0.39, 0.29) is 6.10 Å². The first-order valence-electron chi connectivity index (χ1n) is 5.16. The van der Waals surface area contributed by atoms with E-state index in [1.54, 1.807) is 6.08 Å². The van der Waals surface area contributed by atoms with E-state index in [4.69, 9.17) is 4.74 Å². The minimum absolute atomic E-state index is 0.0522. The number of hydrogen-bond donors (Lipinski definition) is 0. The molecule has 0 spiro atoms. The molecule has 0 aliphatic rings. The van der Waals surface area contributed by atoms with Crippen molar-refractivity contribution >= 4 is 0 Å². The van der Waals surface area contributed by atoms with Crippen LogP contribution < -0.4 is 0 Å². The van der Waals surface area contributed by atoms with Crippen LogP contribution in [0.15, 0.2) is 25.0 Å². The van der Waals surface area contributed by atoms with Crippen molar-refractivity contribution in [2.75, 3.05) is 6.61 Å². The van der Waals surface area contributed by atoms with Crippen molar-refractivity contribution in [3.05, 3.63) is 36.4 Å². The molecule has 0 unspecified atom stereocenters. The lowest BCUT2D eigenvalue weighted by atomic mass is 10.1. The van der Waals surface area contributed by atoms with Crippen LogP contribution in [0.1, 0.15) is 31.3 Å². The van der Waals surface area contributed by atoms with Crippen molar-refractivity contribution in [1.82, 2.24) is 9.97 Å². The van der Waals surface area contributed by atoms with Crippen molar-refractivity contribution in [1.29, 1.82) is 0 Å².